The van der Waals surface area contributed by atoms with Gasteiger partial charge in [0.15, 0.2) is 0 Å². The number of fused-ring (bicyclic) bond motifs is 1. The van der Waals surface area contributed by atoms with E-state index in [4.69, 9.17) is 25.1 Å². The van der Waals surface area contributed by atoms with E-state index in [1.807, 2.05) is 30.3 Å². The Morgan fingerprint density at radius 2 is 1.50 bits per heavy atom. The number of piperidine rings is 1. The number of carboxylic acids is 1. The van der Waals surface area contributed by atoms with E-state index < -0.39 is 62.1 Å². The lowest BCUT2D eigenvalue weighted by Crippen LogP contribution is -2.56. The molecule has 3 aromatic rings. The van der Waals surface area contributed by atoms with Crippen molar-refractivity contribution in [2.75, 3.05) is 60.2 Å². The predicted molar refractivity (Wildman–Crippen MR) is 174 cm³/mol. The largest absolute Gasteiger partial charge is 0.496 e. The molecule has 0 radical (unpaired) electrons. The molecule has 3 N–H and O–H groups in total. The Kier molecular flexibility index (Phi) is 12.6. The van der Waals surface area contributed by atoms with Gasteiger partial charge in [-0.15, -0.1) is 0 Å². The number of ether oxygens (including phenoxy) is 3. The first-order valence-electron chi connectivity index (χ1n) is 16.0. The topological polar surface area (TPSA) is 115 Å². The average Bonchev–Trinajstić information content (AvgIpc) is 3.06. The Hall–Kier alpha value is -4.08. The molecule has 0 bridgehead atoms. The fourth-order valence-electron chi connectivity index (χ4n) is 6.46. The lowest BCUT2D eigenvalue weighted by atomic mass is 9.77. The molecule has 15 heteroatoms. The van der Waals surface area contributed by atoms with Crippen LogP contribution in [0.4, 0.5) is 26.3 Å². The Bertz CT molecular complexity index is 1630. The van der Waals surface area contributed by atoms with Crippen molar-refractivity contribution in [1.29, 1.82) is 0 Å². The van der Waals surface area contributed by atoms with Crippen LogP contribution in [0, 0.1) is 5.41 Å². The van der Waals surface area contributed by atoms with Crippen LogP contribution in [0.25, 0.3) is 21.9 Å². The number of primary amides is 1. The lowest BCUT2D eigenvalue weighted by molar-refractivity contribution is -0.234. The molecule has 2 aliphatic rings. The van der Waals surface area contributed by atoms with E-state index in [0.717, 1.165) is 82.3 Å². The number of carbonyl (C=O) groups is 2. The van der Waals surface area contributed by atoms with Crippen molar-refractivity contribution in [3.05, 3.63) is 59.7 Å². The molecule has 9 nitrogen and oxygen atoms in total. The summed E-state index contributed by atoms with van der Waals surface area (Å²) in [4.78, 5) is 25.3. The number of methoxy groups -OCH3 is 2. The summed E-state index contributed by atoms with van der Waals surface area (Å²) in [6, 6.07) is 16.3. The molecule has 50 heavy (non-hydrogen) atoms. The van der Waals surface area contributed by atoms with Gasteiger partial charge in [0, 0.05) is 31.6 Å². The predicted octanol–water partition coefficient (Wildman–Crippen LogP) is 6.05. The van der Waals surface area contributed by atoms with Crippen LogP contribution in [0.1, 0.15) is 30.4 Å². The van der Waals surface area contributed by atoms with Crippen LogP contribution in [0.15, 0.2) is 48.5 Å². The summed E-state index contributed by atoms with van der Waals surface area (Å²) in [5.74, 6) is -0.769. The summed E-state index contributed by atoms with van der Waals surface area (Å²) >= 11 is 0. The maximum absolute atomic E-state index is 12.8. The zero-order valence-electron chi connectivity index (χ0n) is 27.8. The molecular weight excluding hydrogens is 672 g/mol. The first-order valence-corrected chi connectivity index (χ1v) is 16.0. The number of carbonyl (C=O) groups excluding carboxylic acids is 1. The van der Waals surface area contributed by atoms with Gasteiger partial charge >= 0.3 is 18.3 Å². The van der Waals surface area contributed by atoms with Crippen molar-refractivity contribution >= 4 is 22.6 Å². The minimum atomic E-state index is -4.83. The average molecular weight is 714 g/mol. The highest BCUT2D eigenvalue weighted by Crippen LogP contribution is 2.47. The van der Waals surface area contributed by atoms with E-state index in [2.05, 4.69) is 23.1 Å². The fraction of sp³-hybridized carbons (Fsp3) is 0.486. The SMILES string of the molecule is COc1ccc(CN2CCOCC2)c(OC)c1-c1cccc2c(CCC(=O)O)cccc12.NC(=O)C1(C(F)(F)F)CCN(CC(F)(F)F)CC1. The minimum Gasteiger partial charge on any atom is -0.496 e. The number of alkyl halides is 6. The molecule has 0 spiro atoms. The number of benzene rings is 3. The summed E-state index contributed by atoms with van der Waals surface area (Å²) < 4.78 is 91.7. The van der Waals surface area contributed by atoms with Crippen molar-refractivity contribution < 1.29 is 55.2 Å². The van der Waals surface area contributed by atoms with Gasteiger partial charge in [0.1, 0.15) is 16.9 Å². The van der Waals surface area contributed by atoms with Gasteiger partial charge in [-0.3, -0.25) is 19.4 Å². The highest BCUT2D eigenvalue weighted by Gasteiger charge is 2.60. The van der Waals surface area contributed by atoms with Crippen LogP contribution in [0.3, 0.4) is 0 Å². The van der Waals surface area contributed by atoms with Gasteiger partial charge in [-0.25, -0.2) is 0 Å². The minimum absolute atomic E-state index is 0.102. The van der Waals surface area contributed by atoms with Crippen LogP contribution in [0.5, 0.6) is 11.5 Å². The number of likely N-dealkylation sites (tertiary alicyclic amines) is 1. The molecule has 3 aromatic carbocycles. The van der Waals surface area contributed by atoms with Crippen molar-refractivity contribution in [3.8, 4) is 22.6 Å². The summed E-state index contributed by atoms with van der Waals surface area (Å²) in [6.45, 7) is 1.86. The summed E-state index contributed by atoms with van der Waals surface area (Å²) in [7, 11) is 3.37. The van der Waals surface area contributed by atoms with Crippen molar-refractivity contribution in [3.63, 3.8) is 0 Å². The highest BCUT2D eigenvalue weighted by molar-refractivity contribution is 6.01. The van der Waals surface area contributed by atoms with E-state index in [9.17, 15) is 35.9 Å². The quantitative estimate of drug-likeness (QED) is 0.244. The molecule has 0 aliphatic carbocycles. The van der Waals surface area contributed by atoms with E-state index in [1.165, 1.54) is 0 Å². The molecule has 0 saturated carbocycles. The Morgan fingerprint density at radius 1 is 0.860 bits per heavy atom. The Morgan fingerprint density at radius 3 is 2.06 bits per heavy atom. The first kappa shape index (κ1) is 38.7. The number of nitrogens with zero attached hydrogens (tertiary/aromatic N) is 2. The normalized spacial score (nSPS) is 17.1. The third kappa shape index (κ3) is 9.17. The lowest BCUT2D eigenvalue weighted by Gasteiger charge is -2.40. The molecular formula is C35H41F6N3O6. The van der Waals surface area contributed by atoms with E-state index >= 15 is 0 Å². The number of aliphatic carboxylic acids is 1. The van der Waals surface area contributed by atoms with Crippen LogP contribution >= 0.6 is 0 Å². The van der Waals surface area contributed by atoms with Gasteiger partial charge < -0.3 is 25.1 Å². The van der Waals surface area contributed by atoms with E-state index in [1.54, 1.807) is 14.2 Å². The number of hydrogen-bond donors (Lipinski definition) is 2. The van der Waals surface area contributed by atoms with Gasteiger partial charge in [-0.2, -0.15) is 26.3 Å². The van der Waals surface area contributed by atoms with Crippen LogP contribution in [0.2, 0.25) is 0 Å². The molecule has 0 unspecified atom stereocenters. The van der Waals surface area contributed by atoms with Gasteiger partial charge in [0.25, 0.3) is 0 Å². The molecule has 5 rings (SSSR count). The number of amides is 1. The smallest absolute Gasteiger partial charge is 0.403 e. The second-order valence-corrected chi connectivity index (χ2v) is 12.3. The highest BCUT2D eigenvalue weighted by atomic mass is 19.4. The van der Waals surface area contributed by atoms with Crippen molar-refractivity contribution in [2.45, 2.75) is 44.6 Å². The standard InChI is InChI=1S/C26H29NO5.C9H12F6N2O/c1-30-23-11-9-19(17-27-13-15-32-16-14-27)26(31-2)25(23)22-8-4-6-20-18(10-12-24(28)29)5-3-7-21(20)22;10-8(11,12)5-17-3-1-7(2-4-17,6(16)18)9(13,14)15/h3-9,11H,10,12-17H2,1-2H3,(H,28,29);1-5H2,(H2,16,18). The molecule has 2 fully saturated rings. The van der Waals surface area contributed by atoms with E-state index in [0.29, 0.717) is 6.42 Å². The monoisotopic (exact) mass is 713 g/mol. The van der Waals surface area contributed by atoms with Crippen LogP contribution in [-0.2, 0) is 27.3 Å². The number of carboxylic acid groups (broad SMARTS) is 1. The number of rotatable bonds is 10. The van der Waals surface area contributed by atoms with Crippen LogP contribution < -0.4 is 15.2 Å². The van der Waals surface area contributed by atoms with Gasteiger partial charge in [-0.05, 0) is 60.3 Å². The number of hydrogen-bond acceptors (Lipinski definition) is 7. The number of halogens is 6. The van der Waals surface area contributed by atoms with E-state index in [-0.39, 0.29) is 6.42 Å². The van der Waals surface area contributed by atoms with Crippen molar-refractivity contribution in [1.82, 2.24) is 9.80 Å². The molecule has 0 aromatic heterocycles. The number of aryl methyl sites for hydroxylation is 1. The van der Waals surface area contributed by atoms with Gasteiger partial charge in [0.05, 0.1) is 39.5 Å². The number of nitrogens with two attached hydrogens (primary N) is 1. The first-order chi connectivity index (χ1) is 23.6. The van der Waals surface area contributed by atoms with Gasteiger partial charge in [0.2, 0.25) is 5.91 Å². The second-order valence-electron chi connectivity index (χ2n) is 12.3. The molecule has 0 atom stereocenters. The molecule has 2 aliphatic heterocycles. The Balaban J connectivity index is 0.000000266. The summed E-state index contributed by atoms with van der Waals surface area (Å²) in [5, 5.41) is 11.2. The third-order valence-corrected chi connectivity index (χ3v) is 9.14. The third-order valence-electron chi connectivity index (χ3n) is 9.14. The fourth-order valence-corrected chi connectivity index (χ4v) is 6.46. The molecule has 2 saturated heterocycles. The second kappa shape index (κ2) is 16.3. The molecule has 2 heterocycles. The zero-order chi connectivity index (χ0) is 36.7. The zero-order valence-corrected chi connectivity index (χ0v) is 27.8. The van der Waals surface area contributed by atoms with Crippen LogP contribution in [-0.4, -0.2) is 99.3 Å². The molecule has 274 valence electrons. The summed E-state index contributed by atoms with van der Waals surface area (Å²) in [6.07, 6.45) is -10.2. The molecule has 1 amide bonds. The Labute approximate surface area is 285 Å². The summed E-state index contributed by atoms with van der Waals surface area (Å²) in [5.41, 5.74) is 6.12. The van der Waals surface area contributed by atoms with Crippen molar-refractivity contribution in [2.24, 2.45) is 11.1 Å². The number of morpholine rings is 1. The van der Waals surface area contributed by atoms with Gasteiger partial charge in [-0.1, -0.05) is 42.5 Å². The maximum Gasteiger partial charge on any atom is 0.403 e. The maximum atomic E-state index is 12.8.